The van der Waals surface area contributed by atoms with Crippen molar-refractivity contribution < 1.29 is 13.2 Å². The normalized spacial score (nSPS) is 14.9. The Kier molecular flexibility index (Phi) is 3.23. The first-order valence-corrected chi connectivity index (χ1v) is 6.65. The van der Waals surface area contributed by atoms with Gasteiger partial charge in [-0.15, -0.1) is 0 Å². The summed E-state index contributed by atoms with van der Waals surface area (Å²) < 4.78 is 38.0. The maximum Gasteiger partial charge on any atom is 0.417 e. The number of benzene rings is 1. The van der Waals surface area contributed by atoms with E-state index >= 15 is 0 Å². The van der Waals surface area contributed by atoms with Gasteiger partial charge >= 0.3 is 6.18 Å². The molecule has 0 bridgehead atoms. The monoisotopic (exact) mass is 293 g/mol. The molecular formula is C15H14F3N3. The first-order valence-electron chi connectivity index (χ1n) is 6.65. The first-order chi connectivity index (χ1) is 9.97. The minimum Gasteiger partial charge on any atom is -0.396 e. The number of para-hydroxylation sites is 1. The highest BCUT2D eigenvalue weighted by atomic mass is 19.4. The van der Waals surface area contributed by atoms with Gasteiger partial charge in [0.05, 0.1) is 11.3 Å². The maximum absolute atomic E-state index is 12.7. The molecule has 1 aliphatic rings. The zero-order valence-electron chi connectivity index (χ0n) is 11.2. The van der Waals surface area contributed by atoms with Crippen molar-refractivity contribution in [3.63, 3.8) is 0 Å². The minimum atomic E-state index is -4.43. The molecule has 1 aromatic carbocycles. The van der Waals surface area contributed by atoms with E-state index in [9.17, 15) is 13.2 Å². The van der Waals surface area contributed by atoms with Crippen LogP contribution in [0.15, 0.2) is 36.5 Å². The Hall–Kier alpha value is -2.24. The molecule has 0 saturated heterocycles. The predicted octanol–water partition coefficient (Wildman–Crippen LogP) is 3.77. The van der Waals surface area contributed by atoms with E-state index < -0.39 is 11.7 Å². The average molecular weight is 293 g/mol. The van der Waals surface area contributed by atoms with Gasteiger partial charge in [0, 0.05) is 18.4 Å². The lowest BCUT2D eigenvalue weighted by Gasteiger charge is -2.31. The number of nitrogens with zero attached hydrogens (tertiary/aromatic N) is 2. The Morgan fingerprint density at radius 3 is 2.67 bits per heavy atom. The van der Waals surface area contributed by atoms with Crippen molar-refractivity contribution in [2.24, 2.45) is 0 Å². The number of nitrogens with two attached hydrogens (primary N) is 1. The van der Waals surface area contributed by atoms with E-state index in [1.54, 1.807) is 0 Å². The van der Waals surface area contributed by atoms with Gasteiger partial charge in [0.15, 0.2) is 5.82 Å². The third kappa shape index (κ3) is 2.53. The van der Waals surface area contributed by atoms with Gasteiger partial charge in [-0.05, 0) is 30.5 Å². The fraction of sp³-hybridized carbons (Fsp3) is 0.267. The molecule has 1 aromatic heterocycles. The van der Waals surface area contributed by atoms with E-state index in [1.165, 1.54) is 0 Å². The van der Waals surface area contributed by atoms with Gasteiger partial charge in [-0.1, -0.05) is 18.2 Å². The number of aromatic nitrogens is 1. The van der Waals surface area contributed by atoms with Crippen LogP contribution in [0.1, 0.15) is 17.5 Å². The summed E-state index contributed by atoms with van der Waals surface area (Å²) in [7, 11) is 0. The number of halogens is 3. The molecule has 110 valence electrons. The number of aryl methyl sites for hydroxylation is 1. The van der Waals surface area contributed by atoms with Crippen LogP contribution in [0.25, 0.3) is 0 Å². The summed E-state index contributed by atoms with van der Waals surface area (Å²) in [5.41, 5.74) is 7.14. The molecule has 0 radical (unpaired) electrons. The lowest BCUT2D eigenvalue weighted by atomic mass is 10.0. The van der Waals surface area contributed by atoms with Gasteiger partial charge in [0.2, 0.25) is 0 Å². The molecule has 0 atom stereocenters. The number of pyridine rings is 1. The summed E-state index contributed by atoms with van der Waals surface area (Å²) in [4.78, 5) is 5.83. The van der Waals surface area contributed by atoms with Crippen LogP contribution >= 0.6 is 0 Å². The summed E-state index contributed by atoms with van der Waals surface area (Å²) in [5.74, 6) is 0.384. The average Bonchev–Trinajstić information content (AvgIpc) is 2.46. The molecule has 1 aliphatic heterocycles. The van der Waals surface area contributed by atoms with Crippen LogP contribution < -0.4 is 10.6 Å². The van der Waals surface area contributed by atoms with E-state index in [0.717, 1.165) is 36.4 Å². The number of fused-ring (bicyclic) bond motifs is 1. The second-order valence-corrected chi connectivity index (χ2v) is 5.02. The van der Waals surface area contributed by atoms with Crippen molar-refractivity contribution in [2.45, 2.75) is 19.0 Å². The van der Waals surface area contributed by atoms with Crippen molar-refractivity contribution in [1.29, 1.82) is 0 Å². The molecular weight excluding hydrogens is 279 g/mol. The number of alkyl halides is 3. The van der Waals surface area contributed by atoms with Crippen LogP contribution in [0, 0.1) is 0 Å². The minimum absolute atomic E-state index is 0.0431. The molecule has 0 unspecified atom stereocenters. The molecule has 0 fully saturated rings. The van der Waals surface area contributed by atoms with Gasteiger partial charge in [0.1, 0.15) is 0 Å². The Balaban J connectivity index is 2.03. The van der Waals surface area contributed by atoms with Gasteiger partial charge < -0.3 is 10.6 Å². The van der Waals surface area contributed by atoms with Crippen molar-refractivity contribution in [3.05, 3.63) is 47.7 Å². The Morgan fingerprint density at radius 2 is 1.95 bits per heavy atom. The molecule has 2 aromatic rings. The number of nitrogen functional groups attached to an aromatic ring is 1. The van der Waals surface area contributed by atoms with E-state index in [1.807, 2.05) is 29.2 Å². The molecule has 0 saturated carbocycles. The lowest BCUT2D eigenvalue weighted by molar-refractivity contribution is -0.137. The fourth-order valence-electron chi connectivity index (χ4n) is 2.61. The van der Waals surface area contributed by atoms with Crippen molar-refractivity contribution in [3.8, 4) is 0 Å². The number of anilines is 3. The van der Waals surface area contributed by atoms with Crippen LogP contribution in [-0.2, 0) is 12.6 Å². The Bertz CT molecular complexity index is 667. The van der Waals surface area contributed by atoms with Crippen LogP contribution in [0.4, 0.5) is 30.4 Å². The zero-order chi connectivity index (χ0) is 15.0. The fourth-order valence-corrected chi connectivity index (χ4v) is 2.61. The van der Waals surface area contributed by atoms with E-state index in [4.69, 9.17) is 5.73 Å². The molecule has 2 heterocycles. The first kappa shape index (κ1) is 13.7. The summed E-state index contributed by atoms with van der Waals surface area (Å²) in [6, 6.07) is 8.75. The van der Waals surface area contributed by atoms with Crippen LogP contribution in [-0.4, -0.2) is 11.5 Å². The van der Waals surface area contributed by atoms with Crippen LogP contribution in [0.3, 0.4) is 0 Å². The van der Waals surface area contributed by atoms with Crippen molar-refractivity contribution in [1.82, 2.24) is 4.98 Å². The van der Waals surface area contributed by atoms with Gasteiger partial charge in [-0.2, -0.15) is 13.2 Å². The Labute approximate surface area is 120 Å². The van der Waals surface area contributed by atoms with Crippen LogP contribution in [0.5, 0.6) is 0 Å². The van der Waals surface area contributed by atoms with Gasteiger partial charge in [0.25, 0.3) is 0 Å². The highest BCUT2D eigenvalue weighted by Crippen LogP contribution is 2.37. The van der Waals surface area contributed by atoms with E-state index in [-0.39, 0.29) is 5.69 Å². The molecule has 0 amide bonds. The third-order valence-corrected chi connectivity index (χ3v) is 3.59. The number of rotatable bonds is 1. The SMILES string of the molecule is Nc1cc(C(F)(F)F)cnc1N1CCCc2ccccc21. The molecule has 2 N–H and O–H groups in total. The smallest absolute Gasteiger partial charge is 0.396 e. The van der Waals surface area contributed by atoms with E-state index in [0.29, 0.717) is 12.4 Å². The summed E-state index contributed by atoms with van der Waals surface area (Å²) in [5, 5.41) is 0. The van der Waals surface area contributed by atoms with Gasteiger partial charge in [-0.3, -0.25) is 0 Å². The topological polar surface area (TPSA) is 42.1 Å². The molecule has 21 heavy (non-hydrogen) atoms. The standard InChI is InChI=1S/C15H14F3N3/c16-15(17,18)11-8-12(19)14(20-9-11)21-7-3-5-10-4-1-2-6-13(10)21/h1-2,4,6,8-9H,3,5,7,19H2. The quantitative estimate of drug-likeness (QED) is 0.870. The highest BCUT2D eigenvalue weighted by molar-refractivity contribution is 5.74. The molecule has 6 heteroatoms. The van der Waals surface area contributed by atoms with Gasteiger partial charge in [-0.25, -0.2) is 4.98 Å². The second-order valence-electron chi connectivity index (χ2n) is 5.02. The Morgan fingerprint density at radius 1 is 1.19 bits per heavy atom. The lowest BCUT2D eigenvalue weighted by Crippen LogP contribution is -2.26. The van der Waals surface area contributed by atoms with Crippen molar-refractivity contribution in [2.75, 3.05) is 17.2 Å². The summed E-state index contributed by atoms with van der Waals surface area (Å²) in [6.45, 7) is 0.694. The number of hydrogen-bond acceptors (Lipinski definition) is 3. The molecule has 0 spiro atoms. The second kappa shape index (κ2) is 4.95. The molecule has 3 rings (SSSR count). The summed E-state index contributed by atoms with van der Waals surface area (Å²) in [6.07, 6.45) is -1.73. The maximum atomic E-state index is 12.7. The zero-order valence-corrected chi connectivity index (χ0v) is 11.2. The number of hydrogen-bond donors (Lipinski definition) is 1. The summed E-state index contributed by atoms with van der Waals surface area (Å²) >= 11 is 0. The molecule has 3 nitrogen and oxygen atoms in total. The largest absolute Gasteiger partial charge is 0.417 e. The predicted molar refractivity (Wildman–Crippen MR) is 75.4 cm³/mol. The van der Waals surface area contributed by atoms with Crippen molar-refractivity contribution >= 4 is 17.2 Å². The van der Waals surface area contributed by atoms with E-state index in [2.05, 4.69) is 4.98 Å². The van der Waals surface area contributed by atoms with Crippen LogP contribution in [0.2, 0.25) is 0 Å². The third-order valence-electron chi connectivity index (χ3n) is 3.59. The molecule has 0 aliphatic carbocycles. The highest BCUT2D eigenvalue weighted by Gasteiger charge is 2.32.